The van der Waals surface area contributed by atoms with Crippen molar-refractivity contribution in [2.45, 2.75) is 0 Å². The predicted molar refractivity (Wildman–Crippen MR) is 91.1 cm³/mol. The molecule has 0 spiro atoms. The van der Waals surface area contributed by atoms with E-state index >= 15 is 0 Å². The van der Waals surface area contributed by atoms with Crippen LogP contribution in [0.3, 0.4) is 0 Å². The minimum atomic E-state index is -0.568. The van der Waals surface area contributed by atoms with Crippen molar-refractivity contribution in [3.63, 3.8) is 0 Å². The SMILES string of the molecule is NC(=O)c1sc2nc(N3CCOCC3)nc(-c3ccoc3)c2c1N. The summed E-state index contributed by atoms with van der Waals surface area (Å²) < 4.78 is 10.5. The van der Waals surface area contributed by atoms with Gasteiger partial charge in [-0.05, 0) is 6.07 Å². The number of primary amides is 1. The van der Waals surface area contributed by atoms with Crippen LogP contribution in [0.5, 0.6) is 0 Å². The Morgan fingerprint density at radius 2 is 2.08 bits per heavy atom. The van der Waals surface area contributed by atoms with Crippen LogP contribution in [0.2, 0.25) is 0 Å². The number of hydrogen-bond donors (Lipinski definition) is 2. The average molecular weight is 345 g/mol. The van der Waals surface area contributed by atoms with Crippen molar-refractivity contribution in [3.8, 4) is 11.3 Å². The molecule has 0 aliphatic carbocycles. The van der Waals surface area contributed by atoms with Gasteiger partial charge in [0.05, 0.1) is 42.5 Å². The molecule has 1 fully saturated rings. The number of morpholine rings is 1. The molecule has 1 aliphatic heterocycles. The normalized spacial score (nSPS) is 15.1. The van der Waals surface area contributed by atoms with Gasteiger partial charge in [-0.15, -0.1) is 11.3 Å². The lowest BCUT2D eigenvalue weighted by molar-refractivity contribution is 0.100. The summed E-state index contributed by atoms with van der Waals surface area (Å²) in [5.74, 6) is 0.0147. The van der Waals surface area contributed by atoms with Gasteiger partial charge in [-0.3, -0.25) is 4.79 Å². The highest BCUT2D eigenvalue weighted by atomic mass is 32.1. The van der Waals surface area contributed by atoms with Gasteiger partial charge in [-0.25, -0.2) is 9.97 Å². The fourth-order valence-electron chi connectivity index (χ4n) is 2.71. The van der Waals surface area contributed by atoms with E-state index in [4.69, 9.17) is 20.6 Å². The highest BCUT2D eigenvalue weighted by Crippen LogP contribution is 2.39. The van der Waals surface area contributed by atoms with Crippen LogP contribution in [0.1, 0.15) is 9.67 Å². The third-order valence-electron chi connectivity index (χ3n) is 3.89. The average Bonchev–Trinajstić information content (AvgIpc) is 3.23. The second kappa shape index (κ2) is 5.77. The zero-order chi connectivity index (χ0) is 16.7. The first kappa shape index (κ1) is 14.9. The van der Waals surface area contributed by atoms with Crippen LogP contribution < -0.4 is 16.4 Å². The Morgan fingerprint density at radius 1 is 1.29 bits per heavy atom. The summed E-state index contributed by atoms with van der Waals surface area (Å²) in [5, 5.41) is 0.632. The van der Waals surface area contributed by atoms with Crippen molar-refractivity contribution < 1.29 is 13.9 Å². The molecule has 1 aliphatic rings. The number of nitrogens with two attached hydrogens (primary N) is 2. The van der Waals surface area contributed by atoms with Crippen molar-refractivity contribution >= 4 is 39.1 Å². The van der Waals surface area contributed by atoms with Gasteiger partial charge in [-0.1, -0.05) is 0 Å². The van der Waals surface area contributed by atoms with E-state index in [0.29, 0.717) is 58.7 Å². The molecule has 24 heavy (non-hydrogen) atoms. The highest BCUT2D eigenvalue weighted by Gasteiger charge is 2.23. The predicted octanol–water partition coefficient (Wildman–Crippen LogP) is 1.47. The summed E-state index contributed by atoms with van der Waals surface area (Å²) in [7, 11) is 0. The maximum atomic E-state index is 11.6. The standard InChI is InChI=1S/C15H15N5O3S/c16-10-9-11(8-1-4-23-7-8)18-15(20-2-5-22-6-3-20)19-14(9)24-12(10)13(17)21/h1,4,7H,2-3,5-6,16H2,(H2,17,21). The van der Waals surface area contributed by atoms with Crippen molar-refractivity contribution in [3.05, 3.63) is 23.5 Å². The van der Waals surface area contributed by atoms with Gasteiger partial charge >= 0.3 is 0 Å². The van der Waals surface area contributed by atoms with Crippen molar-refractivity contribution in [2.24, 2.45) is 5.73 Å². The Balaban J connectivity index is 1.95. The molecule has 0 atom stereocenters. The van der Waals surface area contributed by atoms with E-state index in [-0.39, 0.29) is 0 Å². The Bertz CT molecular complexity index is 900. The number of carbonyl (C=O) groups is 1. The number of aromatic nitrogens is 2. The zero-order valence-corrected chi connectivity index (χ0v) is 13.5. The first-order valence-electron chi connectivity index (χ1n) is 7.40. The third-order valence-corrected chi connectivity index (χ3v) is 5.00. The van der Waals surface area contributed by atoms with Crippen LogP contribution in [-0.4, -0.2) is 42.2 Å². The molecule has 4 heterocycles. The van der Waals surface area contributed by atoms with Gasteiger partial charge in [0, 0.05) is 18.7 Å². The molecule has 8 nitrogen and oxygen atoms in total. The summed E-state index contributed by atoms with van der Waals surface area (Å²) in [6.45, 7) is 2.67. The maximum Gasteiger partial charge on any atom is 0.260 e. The van der Waals surface area contributed by atoms with Gasteiger partial charge in [-0.2, -0.15) is 0 Å². The fourth-order valence-corrected chi connectivity index (χ4v) is 3.65. The molecule has 0 aromatic carbocycles. The van der Waals surface area contributed by atoms with Crippen molar-refractivity contribution in [1.82, 2.24) is 9.97 Å². The number of amides is 1. The monoisotopic (exact) mass is 345 g/mol. The second-order valence-electron chi connectivity index (χ2n) is 5.37. The summed E-state index contributed by atoms with van der Waals surface area (Å²) in [6, 6.07) is 1.80. The number of furan rings is 1. The van der Waals surface area contributed by atoms with E-state index < -0.39 is 5.91 Å². The van der Waals surface area contributed by atoms with E-state index in [1.807, 2.05) is 4.90 Å². The zero-order valence-electron chi connectivity index (χ0n) is 12.7. The quantitative estimate of drug-likeness (QED) is 0.737. The summed E-state index contributed by atoms with van der Waals surface area (Å²) >= 11 is 1.18. The van der Waals surface area contributed by atoms with Gasteiger partial charge in [0.1, 0.15) is 9.71 Å². The molecule has 3 aromatic heterocycles. The van der Waals surface area contributed by atoms with Gasteiger partial charge < -0.3 is 25.5 Å². The summed E-state index contributed by atoms with van der Waals surface area (Å²) in [4.78, 5) is 23.9. The molecular weight excluding hydrogens is 330 g/mol. The summed E-state index contributed by atoms with van der Waals surface area (Å²) in [5.41, 5.74) is 13.3. The summed E-state index contributed by atoms with van der Waals surface area (Å²) in [6.07, 6.45) is 3.15. The lowest BCUT2D eigenvalue weighted by Crippen LogP contribution is -2.37. The van der Waals surface area contributed by atoms with Crippen LogP contribution in [0.15, 0.2) is 23.0 Å². The van der Waals surface area contributed by atoms with Crippen LogP contribution in [0.4, 0.5) is 11.6 Å². The third kappa shape index (κ3) is 2.38. The molecule has 0 saturated carbocycles. The van der Waals surface area contributed by atoms with E-state index in [0.717, 1.165) is 5.56 Å². The van der Waals surface area contributed by atoms with Crippen molar-refractivity contribution in [1.29, 1.82) is 0 Å². The fraction of sp³-hybridized carbons (Fsp3) is 0.267. The molecule has 1 amide bonds. The minimum absolute atomic E-state index is 0.295. The molecule has 4 N–H and O–H groups in total. The van der Waals surface area contributed by atoms with Crippen LogP contribution >= 0.6 is 11.3 Å². The van der Waals surface area contributed by atoms with Gasteiger partial charge in [0.25, 0.3) is 5.91 Å². The number of carbonyl (C=O) groups excluding carboxylic acids is 1. The van der Waals surface area contributed by atoms with E-state index in [1.54, 1.807) is 18.6 Å². The Hall–Kier alpha value is -2.65. The van der Waals surface area contributed by atoms with E-state index in [9.17, 15) is 4.79 Å². The first-order valence-corrected chi connectivity index (χ1v) is 8.22. The number of thiophene rings is 1. The van der Waals surface area contributed by atoms with Crippen LogP contribution in [-0.2, 0) is 4.74 Å². The molecule has 9 heteroatoms. The number of anilines is 2. The topological polar surface area (TPSA) is 120 Å². The number of nitrogen functional groups attached to an aromatic ring is 1. The lowest BCUT2D eigenvalue weighted by atomic mass is 10.1. The minimum Gasteiger partial charge on any atom is -0.472 e. The molecular formula is C15H15N5O3S. The second-order valence-corrected chi connectivity index (χ2v) is 6.37. The van der Waals surface area contributed by atoms with E-state index in [2.05, 4.69) is 9.97 Å². The number of fused-ring (bicyclic) bond motifs is 1. The smallest absolute Gasteiger partial charge is 0.260 e. The molecule has 0 bridgehead atoms. The molecule has 0 radical (unpaired) electrons. The lowest BCUT2D eigenvalue weighted by Gasteiger charge is -2.27. The van der Waals surface area contributed by atoms with E-state index in [1.165, 1.54) is 11.3 Å². The van der Waals surface area contributed by atoms with Crippen LogP contribution in [0, 0.1) is 0 Å². The largest absolute Gasteiger partial charge is 0.472 e. The molecule has 3 aromatic rings. The molecule has 124 valence electrons. The maximum absolute atomic E-state index is 11.6. The Labute approximate surface area is 141 Å². The van der Waals surface area contributed by atoms with Gasteiger partial charge in [0.15, 0.2) is 0 Å². The number of rotatable bonds is 3. The highest BCUT2D eigenvalue weighted by molar-refractivity contribution is 7.21. The van der Waals surface area contributed by atoms with Gasteiger partial charge in [0.2, 0.25) is 5.95 Å². The molecule has 0 unspecified atom stereocenters. The molecule has 1 saturated heterocycles. The Kier molecular flexibility index (Phi) is 3.58. The first-order chi connectivity index (χ1) is 11.6. The van der Waals surface area contributed by atoms with Crippen LogP contribution in [0.25, 0.3) is 21.5 Å². The molecule has 4 rings (SSSR count). The number of nitrogens with zero attached hydrogens (tertiary/aromatic N) is 3. The number of ether oxygens (including phenoxy) is 1. The number of hydrogen-bond acceptors (Lipinski definition) is 8. The Morgan fingerprint density at radius 3 is 2.75 bits per heavy atom. The van der Waals surface area contributed by atoms with Crippen molar-refractivity contribution in [2.75, 3.05) is 36.9 Å².